The Kier molecular flexibility index (Phi) is 2.97. The van der Waals surface area contributed by atoms with E-state index < -0.39 is 0 Å². The Hall–Kier alpha value is -1.42. The third-order valence-corrected chi connectivity index (χ3v) is 2.58. The highest BCUT2D eigenvalue weighted by Gasteiger charge is 1.98. The van der Waals surface area contributed by atoms with E-state index in [0.717, 1.165) is 17.3 Å². The molecule has 1 aromatic heterocycles. The van der Waals surface area contributed by atoms with Gasteiger partial charge in [-0.25, -0.2) is 4.98 Å². The average Bonchev–Trinajstić information content (AvgIpc) is 2.69. The molecule has 2 aromatic rings. The molecular weight excluding hydrogens is 256 g/mol. The van der Waals surface area contributed by atoms with Gasteiger partial charge in [-0.15, -0.1) is 0 Å². The van der Waals surface area contributed by atoms with Gasteiger partial charge in [0, 0.05) is 17.2 Å². The van der Waals surface area contributed by atoms with Crippen LogP contribution in [0.5, 0.6) is 0 Å². The van der Waals surface area contributed by atoms with Gasteiger partial charge in [0.25, 0.3) is 0 Å². The van der Waals surface area contributed by atoms with Crippen molar-refractivity contribution in [3.8, 4) is 0 Å². The summed E-state index contributed by atoms with van der Waals surface area (Å²) in [5.74, 6) is 0. The Morgan fingerprint density at radius 3 is 2.67 bits per heavy atom. The molecule has 0 atom stereocenters. The Balaban J connectivity index is 2.14. The van der Waals surface area contributed by atoms with Crippen LogP contribution in [0.25, 0.3) is 0 Å². The maximum atomic E-state index is 10.4. The number of carbonyl (C=O) groups is 1. The molecule has 0 unspecified atom stereocenters. The van der Waals surface area contributed by atoms with Gasteiger partial charge in [0.1, 0.15) is 5.69 Å². The normalized spacial score (nSPS) is 10.2. The van der Waals surface area contributed by atoms with Crippen molar-refractivity contribution in [2.45, 2.75) is 6.54 Å². The van der Waals surface area contributed by atoms with Crippen LogP contribution < -0.4 is 0 Å². The Labute approximate surface area is 95.9 Å². The summed E-state index contributed by atoms with van der Waals surface area (Å²) in [5.41, 5.74) is 1.64. The number of hydrogen-bond donors (Lipinski definition) is 0. The standard InChI is InChI=1S/C11H9BrN2O/c12-10-3-1-9(2-4-10)5-14-6-11(7-15)13-8-14/h1-4,6-8H,5H2. The lowest BCUT2D eigenvalue weighted by Crippen LogP contribution is -1.95. The number of benzene rings is 1. The summed E-state index contributed by atoms with van der Waals surface area (Å²) in [6.07, 6.45) is 4.14. The van der Waals surface area contributed by atoms with Gasteiger partial charge in [-0.1, -0.05) is 28.1 Å². The SMILES string of the molecule is O=Cc1cn(Cc2ccc(Br)cc2)cn1. The Morgan fingerprint density at radius 2 is 2.07 bits per heavy atom. The Bertz CT molecular complexity index is 462. The molecule has 0 aliphatic rings. The van der Waals surface area contributed by atoms with Crippen LogP contribution in [0.15, 0.2) is 41.3 Å². The van der Waals surface area contributed by atoms with E-state index in [2.05, 4.69) is 20.9 Å². The van der Waals surface area contributed by atoms with Gasteiger partial charge in [-0.05, 0) is 17.7 Å². The monoisotopic (exact) mass is 264 g/mol. The molecule has 0 aliphatic carbocycles. The summed E-state index contributed by atoms with van der Waals surface area (Å²) >= 11 is 3.38. The zero-order valence-corrected chi connectivity index (χ0v) is 9.52. The zero-order valence-electron chi connectivity index (χ0n) is 7.93. The predicted molar refractivity (Wildman–Crippen MR) is 60.9 cm³/mol. The minimum Gasteiger partial charge on any atom is -0.332 e. The fourth-order valence-corrected chi connectivity index (χ4v) is 1.59. The van der Waals surface area contributed by atoms with E-state index in [9.17, 15) is 4.79 Å². The van der Waals surface area contributed by atoms with Crippen LogP contribution in [-0.2, 0) is 6.54 Å². The minimum absolute atomic E-state index is 0.465. The molecule has 0 saturated carbocycles. The van der Waals surface area contributed by atoms with Gasteiger partial charge in [0.2, 0.25) is 0 Å². The van der Waals surface area contributed by atoms with Gasteiger partial charge < -0.3 is 4.57 Å². The highest BCUT2D eigenvalue weighted by atomic mass is 79.9. The third-order valence-electron chi connectivity index (χ3n) is 2.05. The second kappa shape index (κ2) is 4.40. The van der Waals surface area contributed by atoms with Crippen molar-refractivity contribution in [3.63, 3.8) is 0 Å². The van der Waals surface area contributed by atoms with E-state index in [4.69, 9.17) is 0 Å². The average molecular weight is 265 g/mol. The molecule has 0 saturated heterocycles. The van der Waals surface area contributed by atoms with Crippen molar-refractivity contribution < 1.29 is 4.79 Å². The van der Waals surface area contributed by atoms with Crippen LogP contribution in [0.2, 0.25) is 0 Å². The number of nitrogens with zero attached hydrogens (tertiary/aromatic N) is 2. The summed E-state index contributed by atoms with van der Waals surface area (Å²) in [6.45, 7) is 0.730. The number of halogens is 1. The quantitative estimate of drug-likeness (QED) is 0.799. The van der Waals surface area contributed by atoms with Crippen molar-refractivity contribution >= 4 is 22.2 Å². The van der Waals surface area contributed by atoms with E-state index in [0.29, 0.717) is 5.69 Å². The smallest absolute Gasteiger partial charge is 0.169 e. The summed E-state index contributed by atoms with van der Waals surface area (Å²) in [7, 11) is 0. The van der Waals surface area contributed by atoms with Crippen LogP contribution >= 0.6 is 15.9 Å². The van der Waals surface area contributed by atoms with Crippen LogP contribution in [0.1, 0.15) is 16.1 Å². The van der Waals surface area contributed by atoms with Gasteiger partial charge in [0.05, 0.1) is 6.33 Å². The summed E-state index contributed by atoms with van der Waals surface area (Å²) in [5, 5.41) is 0. The summed E-state index contributed by atoms with van der Waals surface area (Å²) in [4.78, 5) is 14.4. The number of aldehydes is 1. The largest absolute Gasteiger partial charge is 0.332 e. The number of rotatable bonds is 3. The molecule has 2 rings (SSSR count). The maximum Gasteiger partial charge on any atom is 0.169 e. The lowest BCUT2D eigenvalue weighted by molar-refractivity contribution is 0.111. The highest BCUT2D eigenvalue weighted by molar-refractivity contribution is 9.10. The lowest BCUT2D eigenvalue weighted by atomic mass is 10.2. The van der Waals surface area contributed by atoms with Gasteiger partial charge >= 0.3 is 0 Å². The van der Waals surface area contributed by atoms with E-state index >= 15 is 0 Å². The number of aromatic nitrogens is 2. The minimum atomic E-state index is 0.465. The maximum absolute atomic E-state index is 10.4. The van der Waals surface area contributed by atoms with Gasteiger partial charge in [-0.2, -0.15) is 0 Å². The van der Waals surface area contributed by atoms with Crippen LogP contribution in [0.4, 0.5) is 0 Å². The molecule has 0 spiro atoms. The van der Waals surface area contributed by atoms with Crippen LogP contribution in [0.3, 0.4) is 0 Å². The topological polar surface area (TPSA) is 34.9 Å². The van der Waals surface area contributed by atoms with E-state index in [1.165, 1.54) is 5.56 Å². The molecule has 1 aromatic carbocycles. The Morgan fingerprint density at radius 1 is 1.33 bits per heavy atom. The lowest BCUT2D eigenvalue weighted by Gasteiger charge is -2.01. The van der Waals surface area contributed by atoms with Crippen molar-refractivity contribution in [3.05, 3.63) is 52.5 Å². The summed E-state index contributed by atoms with van der Waals surface area (Å²) < 4.78 is 2.94. The number of carbonyl (C=O) groups excluding carboxylic acids is 1. The molecule has 3 nitrogen and oxygen atoms in total. The van der Waals surface area contributed by atoms with Gasteiger partial charge in [0.15, 0.2) is 6.29 Å². The van der Waals surface area contributed by atoms with E-state index in [1.807, 2.05) is 28.8 Å². The first-order valence-electron chi connectivity index (χ1n) is 4.49. The first kappa shape index (κ1) is 10.1. The number of imidazole rings is 1. The van der Waals surface area contributed by atoms with Crippen molar-refractivity contribution in [2.24, 2.45) is 0 Å². The third kappa shape index (κ3) is 2.53. The molecule has 0 amide bonds. The number of hydrogen-bond acceptors (Lipinski definition) is 2. The highest BCUT2D eigenvalue weighted by Crippen LogP contribution is 2.11. The molecule has 4 heteroatoms. The summed E-state index contributed by atoms with van der Waals surface area (Å²) in [6, 6.07) is 8.05. The van der Waals surface area contributed by atoms with E-state index in [1.54, 1.807) is 12.5 Å². The van der Waals surface area contributed by atoms with Crippen molar-refractivity contribution in [1.29, 1.82) is 0 Å². The molecule has 0 bridgehead atoms. The predicted octanol–water partition coefficient (Wildman–Crippen LogP) is 2.51. The molecule has 0 aliphatic heterocycles. The van der Waals surface area contributed by atoms with Crippen LogP contribution in [0, 0.1) is 0 Å². The molecule has 76 valence electrons. The van der Waals surface area contributed by atoms with Crippen LogP contribution in [-0.4, -0.2) is 15.8 Å². The van der Waals surface area contributed by atoms with E-state index in [-0.39, 0.29) is 0 Å². The second-order valence-corrected chi connectivity index (χ2v) is 4.13. The first-order valence-corrected chi connectivity index (χ1v) is 5.28. The van der Waals surface area contributed by atoms with Gasteiger partial charge in [-0.3, -0.25) is 4.79 Å². The second-order valence-electron chi connectivity index (χ2n) is 3.22. The molecule has 15 heavy (non-hydrogen) atoms. The fraction of sp³-hybridized carbons (Fsp3) is 0.0909. The van der Waals surface area contributed by atoms with Crippen molar-refractivity contribution in [2.75, 3.05) is 0 Å². The molecule has 1 heterocycles. The molecule has 0 fully saturated rings. The molecular formula is C11H9BrN2O. The first-order chi connectivity index (χ1) is 7.28. The zero-order chi connectivity index (χ0) is 10.7. The van der Waals surface area contributed by atoms with Crippen molar-refractivity contribution in [1.82, 2.24) is 9.55 Å². The molecule has 0 N–H and O–H groups in total. The molecule has 0 radical (unpaired) electrons. The fourth-order valence-electron chi connectivity index (χ4n) is 1.33.